The Bertz CT molecular complexity index is 864. The van der Waals surface area contributed by atoms with Gasteiger partial charge in [0.05, 0.1) is 18.4 Å². The second-order valence-electron chi connectivity index (χ2n) is 8.36. The maximum Gasteiger partial charge on any atom is 0.416 e. The number of benzene rings is 2. The molecule has 4 nitrogen and oxygen atoms in total. The lowest BCUT2D eigenvalue weighted by molar-refractivity contribution is -0.138. The second-order valence-corrected chi connectivity index (χ2v) is 8.36. The zero-order valence-corrected chi connectivity index (χ0v) is 19.2. The van der Waals surface area contributed by atoms with Crippen LogP contribution in [0.5, 0.6) is 5.75 Å². The molecular formula is C24H31ClF3N3O. The molecule has 2 aliphatic heterocycles. The third kappa shape index (κ3) is 5.69. The number of anilines is 1. The minimum absolute atomic E-state index is 0. The van der Waals surface area contributed by atoms with Crippen molar-refractivity contribution in [3.63, 3.8) is 0 Å². The molecular weight excluding hydrogens is 439 g/mol. The molecule has 8 heteroatoms. The third-order valence-electron chi connectivity index (χ3n) is 6.53. The van der Waals surface area contributed by atoms with E-state index < -0.39 is 11.7 Å². The first-order chi connectivity index (χ1) is 15.0. The predicted octanol–water partition coefficient (Wildman–Crippen LogP) is 4.92. The number of likely N-dealkylation sites (tertiary alicyclic amines) is 1. The fraction of sp³-hybridized carbons (Fsp3) is 0.500. The van der Waals surface area contributed by atoms with Crippen molar-refractivity contribution in [2.75, 3.05) is 51.3 Å². The van der Waals surface area contributed by atoms with E-state index in [1.54, 1.807) is 19.2 Å². The quantitative estimate of drug-likeness (QED) is 0.618. The van der Waals surface area contributed by atoms with Crippen LogP contribution in [0.2, 0.25) is 0 Å². The molecule has 4 rings (SSSR count). The van der Waals surface area contributed by atoms with Crippen LogP contribution in [0.15, 0.2) is 48.5 Å². The highest BCUT2D eigenvalue weighted by molar-refractivity contribution is 5.85. The number of alkyl halides is 3. The van der Waals surface area contributed by atoms with Gasteiger partial charge in [-0.2, -0.15) is 13.2 Å². The van der Waals surface area contributed by atoms with Gasteiger partial charge in [0.15, 0.2) is 0 Å². The van der Waals surface area contributed by atoms with Gasteiger partial charge >= 0.3 is 6.18 Å². The van der Waals surface area contributed by atoms with Gasteiger partial charge in [0.2, 0.25) is 0 Å². The summed E-state index contributed by atoms with van der Waals surface area (Å²) in [4.78, 5) is 7.08. The molecule has 2 fully saturated rings. The van der Waals surface area contributed by atoms with Crippen LogP contribution in [0.25, 0.3) is 0 Å². The predicted molar refractivity (Wildman–Crippen MR) is 124 cm³/mol. The number of ether oxygens (including phenoxy) is 1. The van der Waals surface area contributed by atoms with Gasteiger partial charge in [0, 0.05) is 38.8 Å². The largest absolute Gasteiger partial charge is 0.495 e. The average Bonchev–Trinajstić information content (AvgIpc) is 2.79. The number of piperidine rings is 1. The Labute approximate surface area is 194 Å². The van der Waals surface area contributed by atoms with Crippen molar-refractivity contribution in [3.05, 3.63) is 59.7 Å². The van der Waals surface area contributed by atoms with Gasteiger partial charge in [-0.05, 0) is 49.7 Å². The summed E-state index contributed by atoms with van der Waals surface area (Å²) in [5, 5.41) is 0. The summed E-state index contributed by atoms with van der Waals surface area (Å²) in [7, 11) is 1.70. The highest BCUT2D eigenvalue weighted by atomic mass is 35.5. The Morgan fingerprint density at radius 3 is 2.16 bits per heavy atom. The van der Waals surface area contributed by atoms with Crippen molar-refractivity contribution in [1.82, 2.24) is 9.80 Å². The molecule has 0 aromatic heterocycles. The number of para-hydroxylation sites is 2. The number of nitrogens with zero attached hydrogens (tertiary/aromatic N) is 3. The molecule has 0 bridgehead atoms. The second kappa shape index (κ2) is 10.8. The first-order valence-corrected chi connectivity index (χ1v) is 10.9. The Kier molecular flexibility index (Phi) is 8.31. The van der Waals surface area contributed by atoms with E-state index in [1.807, 2.05) is 18.2 Å². The maximum atomic E-state index is 13.3. The minimum atomic E-state index is -4.30. The van der Waals surface area contributed by atoms with Crippen molar-refractivity contribution in [3.8, 4) is 5.75 Å². The van der Waals surface area contributed by atoms with Crippen molar-refractivity contribution in [2.45, 2.75) is 31.6 Å². The van der Waals surface area contributed by atoms with Crippen LogP contribution in [-0.2, 0) is 12.7 Å². The van der Waals surface area contributed by atoms with Gasteiger partial charge in [0.25, 0.3) is 0 Å². The molecule has 2 heterocycles. The molecule has 0 radical (unpaired) electrons. The minimum Gasteiger partial charge on any atom is -0.495 e. The van der Waals surface area contributed by atoms with Gasteiger partial charge in [0.1, 0.15) is 5.75 Å². The summed E-state index contributed by atoms with van der Waals surface area (Å²) in [6.45, 7) is 5.95. The number of hydrogen-bond donors (Lipinski definition) is 0. The van der Waals surface area contributed by atoms with Crippen molar-refractivity contribution >= 4 is 18.1 Å². The molecule has 0 saturated carbocycles. The number of rotatable bonds is 5. The maximum absolute atomic E-state index is 13.3. The Balaban J connectivity index is 0.00000289. The Morgan fingerprint density at radius 1 is 0.875 bits per heavy atom. The normalized spacial score (nSPS) is 18.9. The first-order valence-electron chi connectivity index (χ1n) is 10.9. The Hall–Kier alpha value is -1.96. The average molecular weight is 470 g/mol. The summed E-state index contributed by atoms with van der Waals surface area (Å²) in [6.07, 6.45) is -2.29. The van der Waals surface area contributed by atoms with E-state index >= 15 is 0 Å². The number of hydrogen-bond acceptors (Lipinski definition) is 4. The van der Waals surface area contributed by atoms with E-state index in [0.717, 1.165) is 63.5 Å². The molecule has 2 saturated heterocycles. The lowest BCUT2D eigenvalue weighted by Gasteiger charge is -2.43. The van der Waals surface area contributed by atoms with Crippen molar-refractivity contribution in [2.24, 2.45) is 0 Å². The molecule has 2 aliphatic rings. The molecule has 0 spiro atoms. The van der Waals surface area contributed by atoms with E-state index in [9.17, 15) is 13.2 Å². The molecule has 0 N–H and O–H groups in total. The lowest BCUT2D eigenvalue weighted by atomic mass is 10.00. The number of halogens is 4. The summed E-state index contributed by atoms with van der Waals surface area (Å²) in [6, 6.07) is 14.6. The molecule has 0 atom stereocenters. The fourth-order valence-corrected chi connectivity index (χ4v) is 4.84. The third-order valence-corrected chi connectivity index (χ3v) is 6.53. The first kappa shape index (κ1) is 24.7. The number of methoxy groups -OCH3 is 1. The van der Waals surface area contributed by atoms with Gasteiger partial charge in [-0.15, -0.1) is 12.4 Å². The summed E-state index contributed by atoms with van der Waals surface area (Å²) < 4.78 is 45.3. The van der Waals surface area contributed by atoms with Crippen LogP contribution in [0.4, 0.5) is 18.9 Å². The van der Waals surface area contributed by atoms with Gasteiger partial charge in [-0.3, -0.25) is 9.80 Å². The molecule has 2 aromatic carbocycles. The topological polar surface area (TPSA) is 19.0 Å². The SMILES string of the molecule is COc1ccccc1N1CCN(C2CCN(Cc3ccccc3C(F)(F)F)CC2)CC1.Cl. The molecule has 0 amide bonds. The Morgan fingerprint density at radius 2 is 1.50 bits per heavy atom. The van der Waals surface area contributed by atoms with E-state index in [-0.39, 0.29) is 12.4 Å². The van der Waals surface area contributed by atoms with Gasteiger partial charge in [-0.25, -0.2) is 0 Å². The van der Waals surface area contributed by atoms with Crippen LogP contribution in [-0.4, -0.2) is 62.2 Å². The summed E-state index contributed by atoms with van der Waals surface area (Å²) >= 11 is 0. The highest BCUT2D eigenvalue weighted by Gasteiger charge is 2.34. The van der Waals surface area contributed by atoms with Gasteiger partial charge in [-0.1, -0.05) is 30.3 Å². The summed E-state index contributed by atoms with van der Waals surface area (Å²) in [5.74, 6) is 0.906. The highest BCUT2D eigenvalue weighted by Crippen LogP contribution is 2.33. The zero-order chi connectivity index (χ0) is 21.8. The van der Waals surface area contributed by atoms with E-state index in [2.05, 4.69) is 20.8 Å². The molecule has 2 aromatic rings. The van der Waals surface area contributed by atoms with Crippen LogP contribution >= 0.6 is 12.4 Å². The standard InChI is InChI=1S/C24H30F3N3O.ClH/c1-31-23-9-5-4-8-22(23)30-16-14-29(15-17-30)20-10-12-28(13-11-20)18-19-6-2-3-7-21(19)24(25,26)27;/h2-9,20H,10-18H2,1H3;1H. The van der Waals surface area contributed by atoms with Gasteiger partial charge < -0.3 is 9.64 Å². The van der Waals surface area contributed by atoms with E-state index in [1.165, 1.54) is 12.1 Å². The molecule has 176 valence electrons. The van der Waals surface area contributed by atoms with Crippen LogP contribution < -0.4 is 9.64 Å². The van der Waals surface area contributed by atoms with Crippen molar-refractivity contribution < 1.29 is 17.9 Å². The lowest BCUT2D eigenvalue weighted by Crippen LogP contribution is -2.53. The van der Waals surface area contributed by atoms with E-state index in [0.29, 0.717) is 18.2 Å². The summed E-state index contributed by atoms with van der Waals surface area (Å²) in [5.41, 5.74) is 1.01. The molecule has 0 aliphatic carbocycles. The van der Waals surface area contributed by atoms with Crippen molar-refractivity contribution in [1.29, 1.82) is 0 Å². The van der Waals surface area contributed by atoms with Crippen LogP contribution in [0.1, 0.15) is 24.0 Å². The van der Waals surface area contributed by atoms with Crippen LogP contribution in [0.3, 0.4) is 0 Å². The zero-order valence-electron chi connectivity index (χ0n) is 18.4. The van der Waals surface area contributed by atoms with Crippen LogP contribution in [0, 0.1) is 0 Å². The fourth-order valence-electron chi connectivity index (χ4n) is 4.84. The monoisotopic (exact) mass is 469 g/mol. The van der Waals surface area contributed by atoms with E-state index in [4.69, 9.17) is 4.74 Å². The molecule has 32 heavy (non-hydrogen) atoms. The smallest absolute Gasteiger partial charge is 0.416 e. The molecule has 0 unspecified atom stereocenters. The number of piperazine rings is 1.